The van der Waals surface area contributed by atoms with Gasteiger partial charge < -0.3 is 19.1 Å². The first-order chi connectivity index (χ1) is 13.2. The van der Waals surface area contributed by atoms with E-state index in [2.05, 4.69) is 0 Å². The summed E-state index contributed by atoms with van der Waals surface area (Å²) >= 11 is 1.39. The van der Waals surface area contributed by atoms with E-state index < -0.39 is 5.97 Å². The third kappa shape index (κ3) is 5.17. The Labute approximate surface area is 162 Å². The third-order valence-electron chi connectivity index (χ3n) is 3.84. The number of carbonyl (C=O) groups is 2. The zero-order valence-corrected chi connectivity index (χ0v) is 15.9. The van der Waals surface area contributed by atoms with E-state index in [1.54, 1.807) is 19.1 Å². The molecule has 0 radical (unpaired) electrons. The summed E-state index contributed by atoms with van der Waals surface area (Å²) in [7, 11) is 0. The van der Waals surface area contributed by atoms with Gasteiger partial charge in [-0.1, -0.05) is 18.2 Å². The van der Waals surface area contributed by atoms with Gasteiger partial charge >= 0.3 is 5.97 Å². The minimum absolute atomic E-state index is 0.113. The van der Waals surface area contributed by atoms with E-state index in [0.717, 1.165) is 4.90 Å². The first-order valence-electron chi connectivity index (χ1n) is 8.71. The quantitative estimate of drug-likeness (QED) is 0.537. The lowest BCUT2D eigenvalue weighted by molar-refractivity contribution is -0.142. The molecular formula is C20H21NO5S. The van der Waals surface area contributed by atoms with Gasteiger partial charge in [0, 0.05) is 10.6 Å². The van der Waals surface area contributed by atoms with Crippen LogP contribution in [0, 0.1) is 0 Å². The maximum Gasteiger partial charge on any atom is 0.326 e. The van der Waals surface area contributed by atoms with Crippen LogP contribution < -0.4 is 14.4 Å². The van der Waals surface area contributed by atoms with Gasteiger partial charge in [0.25, 0.3) is 0 Å². The lowest BCUT2D eigenvalue weighted by Crippen LogP contribution is -2.37. The highest BCUT2D eigenvalue weighted by Crippen LogP contribution is 2.34. The summed E-state index contributed by atoms with van der Waals surface area (Å²) in [6.07, 6.45) is 0. The molecule has 0 aromatic heterocycles. The van der Waals surface area contributed by atoms with Crippen LogP contribution in [0.4, 0.5) is 5.69 Å². The molecule has 142 valence electrons. The van der Waals surface area contributed by atoms with Crippen LogP contribution in [0.2, 0.25) is 0 Å². The van der Waals surface area contributed by atoms with E-state index in [1.165, 1.54) is 16.7 Å². The number of amides is 1. The van der Waals surface area contributed by atoms with Crippen LogP contribution in [0.5, 0.6) is 11.5 Å². The third-order valence-corrected chi connectivity index (χ3v) is 4.82. The van der Waals surface area contributed by atoms with E-state index in [9.17, 15) is 9.59 Å². The molecular weight excluding hydrogens is 366 g/mol. The normalized spacial score (nSPS) is 12.3. The molecule has 0 N–H and O–H groups in total. The summed E-state index contributed by atoms with van der Waals surface area (Å²) in [5.41, 5.74) is 0.665. The molecule has 1 heterocycles. The second-order valence-electron chi connectivity index (χ2n) is 5.71. The molecule has 6 nitrogen and oxygen atoms in total. The van der Waals surface area contributed by atoms with Gasteiger partial charge in [-0.3, -0.25) is 9.59 Å². The summed E-state index contributed by atoms with van der Waals surface area (Å²) in [6, 6.07) is 14.7. The van der Waals surface area contributed by atoms with Crippen LogP contribution in [0.3, 0.4) is 0 Å². The number of hydrogen-bond donors (Lipinski definition) is 0. The van der Waals surface area contributed by atoms with Crippen LogP contribution in [0.25, 0.3) is 0 Å². The summed E-state index contributed by atoms with van der Waals surface area (Å²) < 4.78 is 16.1. The molecule has 3 rings (SSSR count). The lowest BCUT2D eigenvalue weighted by atomic mass is 10.3. The molecule has 7 heteroatoms. The molecule has 1 amide bonds. The van der Waals surface area contributed by atoms with Crippen molar-refractivity contribution in [2.45, 2.75) is 11.8 Å². The van der Waals surface area contributed by atoms with Gasteiger partial charge in [0.05, 0.1) is 12.4 Å². The Hall–Kier alpha value is -2.67. The van der Waals surface area contributed by atoms with Gasteiger partial charge in [-0.05, 0) is 37.3 Å². The molecule has 0 saturated heterocycles. The van der Waals surface area contributed by atoms with Crippen molar-refractivity contribution < 1.29 is 23.8 Å². The van der Waals surface area contributed by atoms with Gasteiger partial charge in [-0.2, -0.15) is 0 Å². The predicted molar refractivity (Wildman–Crippen MR) is 104 cm³/mol. The average Bonchev–Trinajstić information content (AvgIpc) is 2.71. The maximum atomic E-state index is 12.8. The smallest absolute Gasteiger partial charge is 0.326 e. The van der Waals surface area contributed by atoms with Crippen molar-refractivity contribution in [3.8, 4) is 11.5 Å². The van der Waals surface area contributed by atoms with E-state index in [0.29, 0.717) is 30.4 Å². The van der Waals surface area contributed by atoms with Gasteiger partial charge in [-0.25, -0.2) is 0 Å². The van der Waals surface area contributed by atoms with Gasteiger partial charge in [0.15, 0.2) is 11.5 Å². The molecule has 0 fully saturated rings. The standard InChI is InChI=1S/C20H21NO5S/c1-2-24-20(23)13-21(15-6-4-3-5-7-15)19(22)14-27-16-8-9-17-18(12-16)26-11-10-25-17/h3-9,12H,2,10-11,13-14H2,1H3. The van der Waals surface area contributed by atoms with Crippen LogP contribution in [0.1, 0.15) is 6.92 Å². The Morgan fingerprint density at radius 1 is 1.07 bits per heavy atom. The summed E-state index contributed by atoms with van der Waals surface area (Å²) in [4.78, 5) is 27.0. The molecule has 2 aromatic carbocycles. The lowest BCUT2D eigenvalue weighted by Gasteiger charge is -2.22. The van der Waals surface area contributed by atoms with Crippen molar-refractivity contribution in [2.24, 2.45) is 0 Å². The molecule has 0 bridgehead atoms. The monoisotopic (exact) mass is 387 g/mol. The Bertz CT molecular complexity index is 796. The number of benzene rings is 2. The Kier molecular flexibility index (Phi) is 6.59. The van der Waals surface area contributed by atoms with Crippen molar-refractivity contribution in [1.82, 2.24) is 0 Å². The Morgan fingerprint density at radius 3 is 2.56 bits per heavy atom. The predicted octanol–water partition coefficient (Wildman–Crippen LogP) is 3.15. The number of hydrogen-bond acceptors (Lipinski definition) is 6. The minimum atomic E-state index is -0.431. The number of rotatable bonds is 7. The minimum Gasteiger partial charge on any atom is -0.486 e. The highest BCUT2D eigenvalue weighted by molar-refractivity contribution is 8.00. The number of anilines is 1. The molecule has 0 atom stereocenters. The number of ether oxygens (including phenoxy) is 3. The van der Waals surface area contributed by atoms with Crippen molar-refractivity contribution in [3.63, 3.8) is 0 Å². The largest absolute Gasteiger partial charge is 0.486 e. The Balaban J connectivity index is 1.68. The van der Waals surface area contributed by atoms with Crippen LogP contribution in [-0.4, -0.2) is 44.0 Å². The number of thioether (sulfide) groups is 1. The molecule has 0 saturated carbocycles. The van der Waals surface area contributed by atoms with Gasteiger partial charge in [0.1, 0.15) is 19.8 Å². The van der Waals surface area contributed by atoms with Crippen molar-refractivity contribution in [1.29, 1.82) is 0 Å². The number of nitrogens with zero attached hydrogens (tertiary/aromatic N) is 1. The van der Waals surface area contributed by atoms with Crippen molar-refractivity contribution >= 4 is 29.3 Å². The van der Waals surface area contributed by atoms with E-state index in [1.807, 2.05) is 36.4 Å². The molecule has 0 spiro atoms. The second-order valence-corrected chi connectivity index (χ2v) is 6.76. The van der Waals surface area contributed by atoms with Crippen molar-refractivity contribution in [3.05, 3.63) is 48.5 Å². The molecule has 0 unspecified atom stereocenters. The topological polar surface area (TPSA) is 65.1 Å². The zero-order chi connectivity index (χ0) is 19.1. The summed E-state index contributed by atoms with van der Waals surface area (Å²) in [6.45, 7) is 2.96. The van der Waals surface area contributed by atoms with E-state index >= 15 is 0 Å². The molecule has 1 aliphatic heterocycles. The first kappa shape index (κ1) is 19.1. The van der Waals surface area contributed by atoms with Gasteiger partial charge in [0.2, 0.25) is 5.91 Å². The maximum absolute atomic E-state index is 12.8. The fraction of sp³-hybridized carbons (Fsp3) is 0.300. The number of para-hydroxylation sites is 1. The number of fused-ring (bicyclic) bond motifs is 1. The molecule has 0 aliphatic carbocycles. The first-order valence-corrected chi connectivity index (χ1v) is 9.69. The Morgan fingerprint density at radius 2 is 1.81 bits per heavy atom. The fourth-order valence-corrected chi connectivity index (χ4v) is 3.40. The van der Waals surface area contributed by atoms with E-state index in [-0.39, 0.29) is 24.8 Å². The van der Waals surface area contributed by atoms with Crippen LogP contribution in [0.15, 0.2) is 53.4 Å². The fourth-order valence-electron chi connectivity index (χ4n) is 2.60. The average molecular weight is 387 g/mol. The SMILES string of the molecule is CCOC(=O)CN(C(=O)CSc1ccc2c(c1)OCCO2)c1ccccc1. The van der Waals surface area contributed by atoms with E-state index in [4.69, 9.17) is 14.2 Å². The number of esters is 1. The summed E-state index contributed by atoms with van der Waals surface area (Å²) in [5, 5.41) is 0. The molecule has 27 heavy (non-hydrogen) atoms. The second kappa shape index (κ2) is 9.32. The summed E-state index contributed by atoms with van der Waals surface area (Å²) in [5.74, 6) is 0.983. The van der Waals surface area contributed by atoms with Crippen molar-refractivity contribution in [2.75, 3.05) is 37.0 Å². The van der Waals surface area contributed by atoms with Crippen LogP contribution >= 0.6 is 11.8 Å². The highest BCUT2D eigenvalue weighted by atomic mass is 32.2. The van der Waals surface area contributed by atoms with Crippen LogP contribution in [-0.2, 0) is 14.3 Å². The zero-order valence-electron chi connectivity index (χ0n) is 15.1. The highest BCUT2D eigenvalue weighted by Gasteiger charge is 2.20. The molecule has 2 aromatic rings. The number of carbonyl (C=O) groups excluding carboxylic acids is 2. The molecule has 1 aliphatic rings. The van der Waals surface area contributed by atoms with Gasteiger partial charge in [-0.15, -0.1) is 11.8 Å².